The summed E-state index contributed by atoms with van der Waals surface area (Å²) in [7, 11) is 0. The standard InChI is InChI=1S/C134H236N2O12/c1-7-13-19-25-31-37-43-49-55-61-67-73-79-85-91-97-107-139-127-113-119(114-128(140-108-98-92-86-80-74-68-62-56-50-44-38-32-26-20-14-8-2)131(127)143-111-101-95-89-83-77-71-65-59-53-47-41-35-29-23-17-11-5)133(137)147-145-125-117-121(135)103-105-123(125)124-106-104-122(136)118-126(124)146-148-134(138)120-115-129(141-109-99-93-87-81-75-69-63-57-51-45-39-33-27-21-15-9-3)132(144-112-102-96-90-84-78-72-66-60-54-48-42-36-30-24-18-12-6)130(116-120)142-110-100-94-88-82-76-70-64-58-52-46-40-34-28-22-16-10-4/h103-106,113-118H,7-102,107-112,135-136H2,1-6H3. The van der Waals surface area contributed by atoms with Crippen LogP contribution < -0.4 is 49.7 Å². The largest absolute Gasteiger partial charge is 0.490 e. The maximum absolute atomic E-state index is 15.0. The van der Waals surface area contributed by atoms with E-state index in [2.05, 4.69) is 41.5 Å². The van der Waals surface area contributed by atoms with Crippen LogP contribution >= 0.6 is 0 Å². The van der Waals surface area contributed by atoms with Crippen molar-refractivity contribution in [3.8, 4) is 57.1 Å². The Bertz CT molecular complexity index is 3230. The van der Waals surface area contributed by atoms with Crippen molar-refractivity contribution in [2.24, 2.45) is 0 Å². The van der Waals surface area contributed by atoms with Gasteiger partial charge in [0.05, 0.1) is 50.8 Å². The van der Waals surface area contributed by atoms with E-state index in [1.54, 1.807) is 60.7 Å². The predicted molar refractivity (Wildman–Crippen MR) is 636 cm³/mol. The highest BCUT2D eigenvalue weighted by Crippen LogP contribution is 2.44. The molecule has 4 rings (SSSR count). The minimum atomic E-state index is -0.765. The van der Waals surface area contributed by atoms with Gasteiger partial charge in [-0.2, -0.15) is 0 Å². The summed E-state index contributed by atoms with van der Waals surface area (Å²) in [4.78, 5) is 54.1. The fourth-order valence-electron chi connectivity index (χ4n) is 21.0. The zero-order chi connectivity index (χ0) is 106. The summed E-state index contributed by atoms with van der Waals surface area (Å²) in [6.07, 6.45) is 123. The van der Waals surface area contributed by atoms with Crippen molar-refractivity contribution in [1.29, 1.82) is 0 Å². The van der Waals surface area contributed by atoms with Crippen molar-refractivity contribution in [3.05, 3.63) is 71.8 Å². The highest BCUT2D eigenvalue weighted by Gasteiger charge is 2.26. The smallest absolute Gasteiger partial charge is 0.386 e. The number of anilines is 2. The zero-order valence-electron chi connectivity index (χ0n) is 98.0. The highest BCUT2D eigenvalue weighted by molar-refractivity contribution is 5.92. The van der Waals surface area contributed by atoms with E-state index < -0.39 is 11.9 Å². The van der Waals surface area contributed by atoms with Crippen LogP contribution in [0.15, 0.2) is 60.7 Å². The van der Waals surface area contributed by atoms with Gasteiger partial charge < -0.3 is 39.9 Å². The first-order chi connectivity index (χ1) is 73.2. The average Bonchev–Trinajstić information content (AvgIpc) is 0.802. The van der Waals surface area contributed by atoms with Gasteiger partial charge in [-0.1, -0.05) is 619 Å². The maximum Gasteiger partial charge on any atom is 0.386 e. The van der Waals surface area contributed by atoms with Gasteiger partial charge in [-0.15, -0.1) is 0 Å². The van der Waals surface area contributed by atoms with Gasteiger partial charge >= 0.3 is 11.9 Å². The van der Waals surface area contributed by atoms with Crippen molar-refractivity contribution in [1.82, 2.24) is 0 Å². The van der Waals surface area contributed by atoms with E-state index in [9.17, 15) is 9.59 Å². The number of benzene rings is 4. The molecule has 0 spiro atoms. The van der Waals surface area contributed by atoms with Crippen molar-refractivity contribution >= 4 is 23.3 Å². The van der Waals surface area contributed by atoms with Crippen molar-refractivity contribution < 1.29 is 57.6 Å². The molecule has 14 nitrogen and oxygen atoms in total. The van der Waals surface area contributed by atoms with Gasteiger partial charge in [0.25, 0.3) is 0 Å². The van der Waals surface area contributed by atoms with Crippen LogP contribution in [0.4, 0.5) is 11.4 Å². The Morgan fingerprint density at radius 1 is 0.169 bits per heavy atom. The predicted octanol–water partition coefficient (Wildman–Crippen LogP) is 44.7. The molecule has 0 fully saturated rings. The molecule has 4 aromatic rings. The Balaban J connectivity index is 1.60. The maximum atomic E-state index is 15.0. The molecule has 148 heavy (non-hydrogen) atoms. The first-order valence-corrected chi connectivity index (χ1v) is 64.9. The summed E-state index contributed by atoms with van der Waals surface area (Å²) >= 11 is 0. The molecule has 0 aromatic heterocycles. The lowest BCUT2D eigenvalue weighted by molar-refractivity contribution is -0.150. The minimum absolute atomic E-state index is 0.112. The van der Waals surface area contributed by atoms with E-state index in [1.807, 2.05) is 0 Å². The number of carbonyl (C=O) groups excluding carboxylic acids is 2. The Morgan fingerprint density at radius 3 is 0.453 bits per heavy atom. The van der Waals surface area contributed by atoms with E-state index in [4.69, 9.17) is 59.4 Å². The molecule has 4 N–H and O–H groups in total. The van der Waals surface area contributed by atoms with Crippen LogP contribution in [0, 0.1) is 0 Å². The molecule has 0 heterocycles. The van der Waals surface area contributed by atoms with Gasteiger partial charge in [0.15, 0.2) is 34.5 Å². The number of rotatable bonds is 115. The lowest BCUT2D eigenvalue weighted by Crippen LogP contribution is -2.13. The first kappa shape index (κ1) is 134. The van der Waals surface area contributed by atoms with E-state index in [0.717, 1.165) is 103 Å². The van der Waals surface area contributed by atoms with Crippen LogP contribution in [-0.4, -0.2) is 51.6 Å². The average molecular weight is 2070 g/mol. The second-order valence-electron chi connectivity index (χ2n) is 44.9. The Kier molecular flexibility index (Phi) is 92.9. The second kappa shape index (κ2) is 103. The molecule has 0 aliphatic rings. The summed E-state index contributed by atoms with van der Waals surface area (Å²) in [5.41, 5.74) is 15.1. The molecule has 4 aromatic carbocycles. The molecule has 0 aliphatic heterocycles. The molecule has 14 heteroatoms. The number of nitrogen functional groups attached to an aromatic ring is 2. The SMILES string of the molecule is CCCCCCCCCCCCCCCCCCOc1cc(C(=O)OOc2cc(N)ccc2-c2ccc(N)cc2OOC(=O)c2cc(OCCCCCCCCCCCCCCCCCC)c(OCCCCCCCCCCCCCCCCCC)c(OCCCCCCCCCCCCCCCCCC)c2)cc(OCCCCCCCCCCCCCCCCCC)c1OCCCCCCCCCCCCCCCCCC. The number of unbranched alkanes of at least 4 members (excludes halogenated alkanes) is 90. The van der Waals surface area contributed by atoms with E-state index in [-0.39, 0.29) is 22.6 Å². The molecular weight excluding hydrogens is 1830 g/mol. The lowest BCUT2D eigenvalue weighted by atomic mass is 10.0. The van der Waals surface area contributed by atoms with Crippen molar-refractivity contribution in [2.75, 3.05) is 51.1 Å². The number of nitrogens with two attached hydrogens (primary N) is 2. The lowest BCUT2D eigenvalue weighted by Gasteiger charge is -2.19. The van der Waals surface area contributed by atoms with Crippen LogP contribution in [-0.2, 0) is 9.78 Å². The van der Waals surface area contributed by atoms with Gasteiger partial charge in [0.1, 0.15) is 0 Å². The molecule has 0 unspecified atom stereocenters. The molecule has 0 saturated carbocycles. The second-order valence-corrected chi connectivity index (χ2v) is 44.9. The summed E-state index contributed by atoms with van der Waals surface area (Å²) in [6, 6.07) is 17.0. The highest BCUT2D eigenvalue weighted by atomic mass is 17.2. The van der Waals surface area contributed by atoms with Crippen LogP contribution in [0.1, 0.15) is 679 Å². The van der Waals surface area contributed by atoms with E-state index in [1.165, 1.54) is 514 Å². The molecule has 0 aliphatic carbocycles. The molecule has 854 valence electrons. The fraction of sp³-hybridized carbons (Fsp3) is 0.806. The summed E-state index contributed by atoms with van der Waals surface area (Å²) < 4.78 is 40.8. The van der Waals surface area contributed by atoms with Crippen LogP contribution in [0.25, 0.3) is 11.1 Å². The first-order valence-electron chi connectivity index (χ1n) is 64.9. The number of carbonyl (C=O) groups is 2. The number of hydrogen-bond donors (Lipinski definition) is 2. The topological polar surface area (TPSA) is 178 Å². The van der Waals surface area contributed by atoms with Crippen molar-refractivity contribution in [2.45, 2.75) is 658 Å². The Hall–Kier alpha value is -6.18. The van der Waals surface area contributed by atoms with Crippen LogP contribution in [0.5, 0.6) is 46.0 Å². The van der Waals surface area contributed by atoms with Crippen LogP contribution in [0.3, 0.4) is 0 Å². The zero-order valence-corrected chi connectivity index (χ0v) is 98.0. The number of ether oxygens (including phenoxy) is 6. The number of hydrogen-bond acceptors (Lipinski definition) is 14. The van der Waals surface area contributed by atoms with Crippen molar-refractivity contribution in [3.63, 3.8) is 0 Å². The monoisotopic (exact) mass is 2070 g/mol. The summed E-state index contributed by atoms with van der Waals surface area (Å²) in [5, 5.41) is 0. The normalized spacial score (nSPS) is 11.5. The van der Waals surface area contributed by atoms with Crippen LogP contribution in [0.2, 0.25) is 0 Å². The van der Waals surface area contributed by atoms with Gasteiger partial charge in [0, 0.05) is 34.6 Å². The summed E-state index contributed by atoms with van der Waals surface area (Å²) in [5.74, 6) is 1.53. The fourth-order valence-corrected chi connectivity index (χ4v) is 21.0. The summed E-state index contributed by atoms with van der Waals surface area (Å²) in [6.45, 7) is 16.6. The Labute approximate surface area is 913 Å². The third-order valence-corrected chi connectivity index (χ3v) is 30.7. The molecule has 0 bridgehead atoms. The third kappa shape index (κ3) is 76.4. The van der Waals surface area contributed by atoms with Gasteiger partial charge in [0.2, 0.25) is 11.5 Å². The minimum Gasteiger partial charge on any atom is -0.490 e. The van der Waals surface area contributed by atoms with E-state index in [0.29, 0.717) is 96.6 Å². The molecular formula is C134H236N2O12. The van der Waals surface area contributed by atoms with Gasteiger partial charge in [-0.3, -0.25) is 9.78 Å². The van der Waals surface area contributed by atoms with Gasteiger partial charge in [-0.05, 0) is 87.1 Å². The Morgan fingerprint density at radius 2 is 0.304 bits per heavy atom. The quantitative estimate of drug-likeness (QED) is 0.0185. The molecule has 0 radical (unpaired) electrons. The molecule has 0 saturated heterocycles. The molecule has 0 amide bonds. The van der Waals surface area contributed by atoms with E-state index >= 15 is 0 Å². The van der Waals surface area contributed by atoms with Gasteiger partial charge in [-0.25, -0.2) is 19.4 Å². The molecule has 0 atom stereocenters. The third-order valence-electron chi connectivity index (χ3n) is 30.7.